The third-order valence-electron chi connectivity index (χ3n) is 2.55. The summed E-state index contributed by atoms with van der Waals surface area (Å²) in [5.41, 5.74) is 1.41. The summed E-state index contributed by atoms with van der Waals surface area (Å²) in [6.45, 7) is 3.77. The van der Waals surface area contributed by atoms with Crippen LogP contribution in [-0.2, 0) is 9.84 Å². The van der Waals surface area contributed by atoms with Gasteiger partial charge in [0.15, 0.2) is 0 Å². The molecule has 0 aromatic carbocycles. The molecular weight excluding hydrogens is 198 g/mol. The van der Waals surface area contributed by atoms with Crippen molar-refractivity contribution in [1.82, 2.24) is 5.32 Å². The zero-order valence-electron chi connectivity index (χ0n) is 8.75. The van der Waals surface area contributed by atoms with Crippen LogP contribution >= 0.6 is 0 Å². The molecule has 1 rings (SSSR count). The Morgan fingerprint density at radius 1 is 1.36 bits per heavy atom. The molecule has 14 heavy (non-hydrogen) atoms. The highest BCUT2D eigenvalue weighted by molar-refractivity contribution is 7.91. The molecule has 1 fully saturated rings. The van der Waals surface area contributed by atoms with Crippen molar-refractivity contribution in [2.24, 2.45) is 0 Å². The lowest BCUT2D eigenvalue weighted by atomic mass is 10.0. The molecule has 1 saturated heterocycles. The number of hydrogen-bond acceptors (Lipinski definition) is 3. The van der Waals surface area contributed by atoms with Gasteiger partial charge in [-0.2, -0.15) is 0 Å². The summed E-state index contributed by atoms with van der Waals surface area (Å²) in [5, 5.41) is 3.27. The average Bonchev–Trinajstić information content (AvgIpc) is 2.19. The van der Waals surface area contributed by atoms with E-state index in [2.05, 4.69) is 11.4 Å². The first-order valence-corrected chi connectivity index (χ1v) is 7.05. The fraction of sp³-hybridized carbons (Fsp3) is 0.800. The Balaban J connectivity index is 2.32. The van der Waals surface area contributed by atoms with Crippen LogP contribution in [0.5, 0.6) is 0 Å². The summed E-state index contributed by atoms with van der Waals surface area (Å²) in [6, 6.07) is 0. The zero-order valence-corrected chi connectivity index (χ0v) is 9.57. The van der Waals surface area contributed by atoms with Gasteiger partial charge >= 0.3 is 0 Å². The minimum atomic E-state index is -2.78. The highest BCUT2D eigenvalue weighted by atomic mass is 32.2. The molecular formula is C10H19NO2S. The molecule has 0 radical (unpaired) electrons. The molecule has 0 unspecified atom stereocenters. The van der Waals surface area contributed by atoms with E-state index in [0.29, 0.717) is 12.2 Å². The van der Waals surface area contributed by atoms with Crippen LogP contribution in [0.1, 0.15) is 26.2 Å². The van der Waals surface area contributed by atoms with E-state index in [1.54, 1.807) is 6.92 Å². The Hall–Kier alpha value is -0.350. The molecule has 1 aliphatic heterocycles. The zero-order chi connectivity index (χ0) is 10.4. The molecule has 1 N–H and O–H groups in total. The maximum absolute atomic E-state index is 11.2. The van der Waals surface area contributed by atoms with E-state index < -0.39 is 9.84 Å². The standard InChI is InChI=1S/C10H19NO2S/c1-2-14(12,13)9-3-4-10-5-7-11-8-6-10/h4,11H,2-3,5-9H2,1H3. The maximum Gasteiger partial charge on any atom is 0.150 e. The predicted octanol–water partition coefficient (Wildman–Crippen LogP) is 1.12. The first kappa shape index (κ1) is 11.7. The van der Waals surface area contributed by atoms with E-state index in [1.807, 2.05) is 0 Å². The Kier molecular flexibility index (Phi) is 4.62. The molecule has 0 amide bonds. The first-order valence-electron chi connectivity index (χ1n) is 5.23. The monoisotopic (exact) mass is 217 g/mol. The second kappa shape index (κ2) is 5.51. The van der Waals surface area contributed by atoms with E-state index in [0.717, 1.165) is 25.9 Å². The molecule has 1 aliphatic rings. The molecule has 0 bridgehead atoms. The van der Waals surface area contributed by atoms with Crippen LogP contribution in [0.2, 0.25) is 0 Å². The van der Waals surface area contributed by atoms with Gasteiger partial charge in [0.2, 0.25) is 0 Å². The number of sulfone groups is 1. The van der Waals surface area contributed by atoms with E-state index in [1.165, 1.54) is 5.57 Å². The van der Waals surface area contributed by atoms with Crippen LogP contribution in [0.4, 0.5) is 0 Å². The minimum absolute atomic E-state index is 0.262. The molecule has 0 aromatic rings. The molecule has 82 valence electrons. The van der Waals surface area contributed by atoms with Gasteiger partial charge in [-0.1, -0.05) is 18.6 Å². The van der Waals surface area contributed by atoms with Gasteiger partial charge in [0.05, 0.1) is 5.75 Å². The smallest absolute Gasteiger partial charge is 0.150 e. The van der Waals surface area contributed by atoms with Gasteiger partial charge in [-0.15, -0.1) is 0 Å². The molecule has 3 nitrogen and oxygen atoms in total. The van der Waals surface area contributed by atoms with Crippen molar-refractivity contribution in [1.29, 1.82) is 0 Å². The van der Waals surface area contributed by atoms with Crippen molar-refractivity contribution >= 4 is 9.84 Å². The minimum Gasteiger partial charge on any atom is -0.316 e. The third kappa shape index (κ3) is 4.24. The predicted molar refractivity (Wildman–Crippen MR) is 59.1 cm³/mol. The van der Waals surface area contributed by atoms with Crippen LogP contribution in [0, 0.1) is 0 Å². The summed E-state index contributed by atoms with van der Waals surface area (Å²) in [6.07, 6.45) is 4.94. The lowest BCUT2D eigenvalue weighted by Crippen LogP contribution is -2.23. The van der Waals surface area contributed by atoms with E-state index in [-0.39, 0.29) is 5.75 Å². The summed E-state index contributed by atoms with van der Waals surface area (Å²) in [7, 11) is -2.78. The van der Waals surface area contributed by atoms with Gasteiger partial charge in [-0.05, 0) is 32.4 Å². The molecule has 1 heterocycles. The molecule has 0 aliphatic carbocycles. The number of nitrogens with one attached hydrogen (secondary N) is 1. The van der Waals surface area contributed by atoms with Gasteiger partial charge in [0.1, 0.15) is 9.84 Å². The van der Waals surface area contributed by atoms with Crippen molar-refractivity contribution in [3.05, 3.63) is 11.6 Å². The number of piperidine rings is 1. The molecule has 0 aromatic heterocycles. The number of hydrogen-bond donors (Lipinski definition) is 1. The lowest BCUT2D eigenvalue weighted by molar-refractivity contribution is 0.595. The van der Waals surface area contributed by atoms with Crippen molar-refractivity contribution in [3.8, 4) is 0 Å². The number of allylic oxidation sites excluding steroid dienone is 1. The first-order chi connectivity index (χ1) is 6.64. The van der Waals surface area contributed by atoms with E-state index in [9.17, 15) is 8.42 Å². The Labute approximate surface area is 86.5 Å². The summed E-state index contributed by atoms with van der Waals surface area (Å²) in [4.78, 5) is 0. The summed E-state index contributed by atoms with van der Waals surface area (Å²) >= 11 is 0. The van der Waals surface area contributed by atoms with Gasteiger partial charge in [0.25, 0.3) is 0 Å². The van der Waals surface area contributed by atoms with Crippen molar-refractivity contribution in [3.63, 3.8) is 0 Å². The molecule has 0 saturated carbocycles. The van der Waals surface area contributed by atoms with Gasteiger partial charge in [0, 0.05) is 5.75 Å². The fourth-order valence-corrected chi connectivity index (χ4v) is 2.30. The highest BCUT2D eigenvalue weighted by Crippen LogP contribution is 2.11. The van der Waals surface area contributed by atoms with E-state index in [4.69, 9.17) is 0 Å². The van der Waals surface area contributed by atoms with E-state index >= 15 is 0 Å². The van der Waals surface area contributed by atoms with Crippen molar-refractivity contribution in [2.75, 3.05) is 24.6 Å². The van der Waals surface area contributed by atoms with Crippen LogP contribution < -0.4 is 5.32 Å². The van der Waals surface area contributed by atoms with Crippen molar-refractivity contribution in [2.45, 2.75) is 26.2 Å². The van der Waals surface area contributed by atoms with Gasteiger partial charge in [-0.25, -0.2) is 8.42 Å². The van der Waals surface area contributed by atoms with Gasteiger partial charge in [-0.3, -0.25) is 0 Å². The third-order valence-corrected chi connectivity index (χ3v) is 4.28. The van der Waals surface area contributed by atoms with Crippen LogP contribution in [-0.4, -0.2) is 33.0 Å². The maximum atomic E-state index is 11.2. The normalized spacial score (nSPS) is 18.2. The quantitative estimate of drug-likeness (QED) is 0.718. The lowest BCUT2D eigenvalue weighted by Gasteiger charge is -2.14. The number of rotatable bonds is 4. The summed E-state index contributed by atoms with van der Waals surface area (Å²) in [5.74, 6) is 0.568. The highest BCUT2D eigenvalue weighted by Gasteiger charge is 2.07. The van der Waals surface area contributed by atoms with Crippen LogP contribution in [0.25, 0.3) is 0 Å². The van der Waals surface area contributed by atoms with Crippen LogP contribution in [0.15, 0.2) is 11.6 Å². The largest absolute Gasteiger partial charge is 0.316 e. The molecule has 4 heteroatoms. The molecule has 0 spiro atoms. The Bertz CT molecular complexity index is 285. The topological polar surface area (TPSA) is 46.2 Å². The second-order valence-corrected chi connectivity index (χ2v) is 6.11. The van der Waals surface area contributed by atoms with Crippen LogP contribution in [0.3, 0.4) is 0 Å². The summed E-state index contributed by atoms with van der Waals surface area (Å²) < 4.78 is 22.4. The van der Waals surface area contributed by atoms with Crippen molar-refractivity contribution < 1.29 is 8.42 Å². The van der Waals surface area contributed by atoms with Gasteiger partial charge < -0.3 is 5.32 Å². The molecule has 0 atom stereocenters. The average molecular weight is 217 g/mol. The second-order valence-electron chi connectivity index (χ2n) is 3.64. The Morgan fingerprint density at radius 3 is 2.57 bits per heavy atom. The SMILES string of the molecule is CCS(=O)(=O)CCC=C1CCNCC1. The fourth-order valence-electron chi connectivity index (χ4n) is 1.54. The Morgan fingerprint density at radius 2 is 2.00 bits per heavy atom.